The summed E-state index contributed by atoms with van der Waals surface area (Å²) in [7, 11) is 3.03. The number of Topliss-reactive ketones (excluding diaryl/α,β-unsaturated/α-hetero) is 2. The topological polar surface area (TPSA) is 91.3 Å². The minimum Gasteiger partial charge on any atom is -0.497 e. The van der Waals surface area contributed by atoms with Crippen molar-refractivity contribution < 1.29 is 33.6 Å². The highest BCUT2D eigenvalue weighted by atomic mass is 16.5. The first-order chi connectivity index (χ1) is 13.5. The van der Waals surface area contributed by atoms with Crippen molar-refractivity contribution in [3.63, 3.8) is 0 Å². The van der Waals surface area contributed by atoms with Gasteiger partial charge in [-0.05, 0) is 36.4 Å². The van der Waals surface area contributed by atoms with Crippen LogP contribution in [0.4, 0.5) is 0 Å². The van der Waals surface area contributed by atoms with Gasteiger partial charge in [0.1, 0.15) is 41.8 Å². The van der Waals surface area contributed by atoms with E-state index in [0.717, 1.165) is 0 Å². The molecule has 28 heavy (non-hydrogen) atoms. The third kappa shape index (κ3) is 3.07. The smallest absolute Gasteiger partial charge is 0.175 e. The van der Waals surface area contributed by atoms with Crippen LogP contribution in [0.2, 0.25) is 0 Å². The molecule has 0 saturated carbocycles. The third-order valence-electron chi connectivity index (χ3n) is 5.15. The number of ketones is 2. The van der Waals surface area contributed by atoms with Crippen molar-refractivity contribution in [3.05, 3.63) is 47.5 Å². The van der Waals surface area contributed by atoms with Crippen molar-refractivity contribution in [1.29, 1.82) is 0 Å². The van der Waals surface area contributed by atoms with E-state index in [2.05, 4.69) is 0 Å². The Kier molecular flexibility index (Phi) is 4.68. The molecular formula is C21H20O7. The number of benzene rings is 2. The number of fused-ring (bicyclic) bond motifs is 2. The lowest BCUT2D eigenvalue weighted by Crippen LogP contribution is -2.47. The minimum absolute atomic E-state index is 0.0167. The highest BCUT2D eigenvalue weighted by molar-refractivity contribution is 6.03. The minimum atomic E-state index is -1.19. The Morgan fingerprint density at radius 1 is 1.00 bits per heavy atom. The van der Waals surface area contributed by atoms with Crippen LogP contribution in [-0.2, 0) is 0 Å². The molecule has 2 heterocycles. The SMILES string of the molecule is COc1ccc2c(c1)C(=O)C[C@@H](C(O)C1COc3ccc(OC)cc3C1=O)O2. The van der Waals surface area contributed by atoms with E-state index in [0.29, 0.717) is 34.1 Å². The van der Waals surface area contributed by atoms with Crippen molar-refractivity contribution in [2.45, 2.75) is 18.6 Å². The van der Waals surface area contributed by atoms with Crippen LogP contribution in [0.5, 0.6) is 23.0 Å². The maximum absolute atomic E-state index is 12.9. The molecule has 0 amide bonds. The zero-order valence-corrected chi connectivity index (χ0v) is 15.5. The fourth-order valence-electron chi connectivity index (χ4n) is 3.57. The number of rotatable bonds is 4. The predicted octanol–water partition coefficient (Wildman–Crippen LogP) is 2.29. The molecule has 0 saturated heterocycles. The molecular weight excluding hydrogens is 364 g/mol. The van der Waals surface area contributed by atoms with E-state index in [1.807, 2.05) is 0 Å². The van der Waals surface area contributed by atoms with Gasteiger partial charge in [0, 0.05) is 0 Å². The quantitative estimate of drug-likeness (QED) is 0.865. The molecule has 146 valence electrons. The molecule has 2 unspecified atom stereocenters. The van der Waals surface area contributed by atoms with Gasteiger partial charge in [-0.3, -0.25) is 9.59 Å². The highest BCUT2D eigenvalue weighted by Gasteiger charge is 2.42. The number of ether oxygens (including phenoxy) is 4. The van der Waals surface area contributed by atoms with Gasteiger partial charge in [0.15, 0.2) is 11.6 Å². The average Bonchev–Trinajstić information content (AvgIpc) is 2.73. The van der Waals surface area contributed by atoms with Gasteiger partial charge < -0.3 is 24.1 Å². The van der Waals surface area contributed by atoms with Crippen LogP contribution in [0.3, 0.4) is 0 Å². The van der Waals surface area contributed by atoms with E-state index in [9.17, 15) is 14.7 Å². The lowest BCUT2D eigenvalue weighted by molar-refractivity contribution is -0.0179. The molecule has 0 radical (unpaired) electrons. The Balaban J connectivity index is 1.57. The van der Waals surface area contributed by atoms with E-state index < -0.39 is 18.1 Å². The molecule has 2 aromatic rings. The summed E-state index contributed by atoms with van der Waals surface area (Å²) in [5.74, 6) is 0.630. The van der Waals surface area contributed by atoms with Gasteiger partial charge in [-0.1, -0.05) is 0 Å². The maximum atomic E-state index is 12.9. The number of hydrogen-bond acceptors (Lipinski definition) is 7. The molecule has 0 spiro atoms. The molecule has 0 aromatic heterocycles. The number of methoxy groups -OCH3 is 2. The van der Waals surface area contributed by atoms with Crippen LogP contribution >= 0.6 is 0 Å². The fraction of sp³-hybridized carbons (Fsp3) is 0.333. The summed E-state index contributed by atoms with van der Waals surface area (Å²) in [4.78, 5) is 25.5. The average molecular weight is 384 g/mol. The van der Waals surface area contributed by atoms with Gasteiger partial charge in [0.25, 0.3) is 0 Å². The molecule has 7 heteroatoms. The van der Waals surface area contributed by atoms with Crippen LogP contribution in [0, 0.1) is 5.92 Å². The molecule has 0 bridgehead atoms. The van der Waals surface area contributed by atoms with E-state index in [4.69, 9.17) is 18.9 Å². The van der Waals surface area contributed by atoms with Crippen LogP contribution in [0.1, 0.15) is 27.1 Å². The zero-order valence-electron chi connectivity index (χ0n) is 15.5. The van der Waals surface area contributed by atoms with E-state index in [-0.39, 0.29) is 24.6 Å². The van der Waals surface area contributed by atoms with Crippen LogP contribution in [0.25, 0.3) is 0 Å². The number of aliphatic hydroxyl groups is 1. The lowest BCUT2D eigenvalue weighted by Gasteiger charge is -2.34. The van der Waals surface area contributed by atoms with Crippen molar-refractivity contribution in [2.24, 2.45) is 5.92 Å². The lowest BCUT2D eigenvalue weighted by atomic mass is 9.85. The first kappa shape index (κ1) is 18.3. The molecule has 2 aliphatic heterocycles. The summed E-state index contributed by atoms with van der Waals surface area (Å²) < 4.78 is 21.8. The summed E-state index contributed by atoms with van der Waals surface area (Å²) in [5.41, 5.74) is 0.756. The second kappa shape index (κ2) is 7.16. The summed E-state index contributed by atoms with van der Waals surface area (Å²) in [6.07, 6.45) is -2.06. The first-order valence-electron chi connectivity index (χ1n) is 8.93. The number of carbonyl (C=O) groups excluding carboxylic acids is 2. The fourth-order valence-corrected chi connectivity index (χ4v) is 3.57. The van der Waals surface area contributed by atoms with Crippen molar-refractivity contribution in [3.8, 4) is 23.0 Å². The Hall–Kier alpha value is -3.06. The number of carbonyl (C=O) groups is 2. The first-order valence-corrected chi connectivity index (χ1v) is 8.93. The summed E-state index contributed by atoms with van der Waals surface area (Å²) in [5, 5.41) is 10.8. The molecule has 1 N–H and O–H groups in total. The van der Waals surface area contributed by atoms with Gasteiger partial charge in [0.2, 0.25) is 0 Å². The Morgan fingerprint density at radius 2 is 1.64 bits per heavy atom. The summed E-state index contributed by atoms with van der Waals surface area (Å²) >= 11 is 0. The van der Waals surface area contributed by atoms with Crippen molar-refractivity contribution in [1.82, 2.24) is 0 Å². The highest BCUT2D eigenvalue weighted by Crippen LogP contribution is 2.36. The van der Waals surface area contributed by atoms with Gasteiger partial charge in [-0.15, -0.1) is 0 Å². The Labute approximate surface area is 161 Å². The number of hydrogen-bond donors (Lipinski definition) is 1. The monoisotopic (exact) mass is 384 g/mol. The molecule has 2 aliphatic rings. The number of aliphatic hydroxyl groups excluding tert-OH is 1. The van der Waals surface area contributed by atoms with E-state index >= 15 is 0 Å². The molecule has 7 nitrogen and oxygen atoms in total. The van der Waals surface area contributed by atoms with Gasteiger partial charge in [-0.25, -0.2) is 0 Å². The Morgan fingerprint density at radius 3 is 2.32 bits per heavy atom. The molecule has 2 aromatic carbocycles. The molecule has 3 atom stereocenters. The normalized spacial score (nSPS) is 21.7. The largest absolute Gasteiger partial charge is 0.497 e. The van der Waals surface area contributed by atoms with E-state index in [1.54, 1.807) is 36.4 Å². The van der Waals surface area contributed by atoms with Crippen LogP contribution < -0.4 is 18.9 Å². The van der Waals surface area contributed by atoms with Crippen molar-refractivity contribution >= 4 is 11.6 Å². The second-order valence-electron chi connectivity index (χ2n) is 6.78. The maximum Gasteiger partial charge on any atom is 0.175 e. The Bertz CT molecular complexity index is 936. The summed E-state index contributed by atoms with van der Waals surface area (Å²) in [6.45, 7) is 0.0167. The third-order valence-corrected chi connectivity index (χ3v) is 5.15. The summed E-state index contributed by atoms with van der Waals surface area (Å²) in [6, 6.07) is 9.88. The second-order valence-corrected chi connectivity index (χ2v) is 6.78. The standard InChI is InChI=1S/C21H20O7/c1-25-11-4-6-18-13(7-11)16(22)9-19(28-18)21(24)15-10-27-17-5-3-12(26-2)8-14(17)20(15)23/h3-8,15,19,21,24H,9-10H2,1-2H3/t15?,19-,21?/m0/s1. The van der Waals surface area contributed by atoms with Crippen LogP contribution in [0.15, 0.2) is 36.4 Å². The van der Waals surface area contributed by atoms with Gasteiger partial charge in [0.05, 0.1) is 37.7 Å². The van der Waals surface area contributed by atoms with Crippen LogP contribution in [-0.4, -0.2) is 49.7 Å². The molecule has 0 aliphatic carbocycles. The molecule has 0 fully saturated rings. The van der Waals surface area contributed by atoms with Gasteiger partial charge in [-0.2, -0.15) is 0 Å². The molecule has 4 rings (SSSR count). The van der Waals surface area contributed by atoms with Gasteiger partial charge >= 0.3 is 0 Å². The zero-order chi connectivity index (χ0) is 19.8. The van der Waals surface area contributed by atoms with E-state index in [1.165, 1.54) is 14.2 Å². The van der Waals surface area contributed by atoms with Crippen molar-refractivity contribution in [2.75, 3.05) is 20.8 Å². The predicted molar refractivity (Wildman–Crippen MR) is 98.7 cm³/mol.